The fourth-order valence-electron chi connectivity index (χ4n) is 7.78. The van der Waals surface area contributed by atoms with Crippen LogP contribution in [0.1, 0.15) is 63.5 Å². The zero-order chi connectivity index (χ0) is 22.8. The Hall–Kier alpha value is -2.17. The van der Waals surface area contributed by atoms with Crippen LogP contribution in [0, 0.1) is 17.3 Å². The van der Waals surface area contributed by atoms with Gasteiger partial charge >= 0.3 is 0 Å². The number of carbonyl (C=O) groups is 1. The molecule has 4 nitrogen and oxygen atoms in total. The minimum atomic E-state index is -0.263. The Kier molecular flexibility index (Phi) is 4.97. The predicted octanol–water partition coefficient (Wildman–Crippen LogP) is 5.89. The van der Waals surface area contributed by atoms with E-state index in [-0.39, 0.29) is 22.9 Å². The van der Waals surface area contributed by atoms with Gasteiger partial charge in [0.2, 0.25) is 0 Å². The lowest BCUT2D eigenvalue weighted by Gasteiger charge is -2.45. The van der Waals surface area contributed by atoms with Crippen molar-refractivity contribution >= 4 is 5.78 Å². The second kappa shape index (κ2) is 7.68. The van der Waals surface area contributed by atoms with Crippen molar-refractivity contribution in [1.82, 2.24) is 0 Å². The highest BCUT2D eigenvalue weighted by Crippen LogP contribution is 2.65. The molecule has 2 heterocycles. The first kappa shape index (κ1) is 21.4. The van der Waals surface area contributed by atoms with Crippen LogP contribution < -0.4 is 4.74 Å². The number of ether oxygens (including phenoxy) is 3. The molecule has 0 aromatic heterocycles. The number of rotatable bonds is 2. The first-order valence-corrected chi connectivity index (χ1v) is 12.5. The van der Waals surface area contributed by atoms with E-state index in [1.54, 1.807) is 7.11 Å². The maximum Gasteiger partial charge on any atom is 0.156 e. The number of methoxy groups -OCH3 is 1. The van der Waals surface area contributed by atoms with Gasteiger partial charge in [-0.3, -0.25) is 4.79 Å². The summed E-state index contributed by atoms with van der Waals surface area (Å²) in [6, 6.07) is 8.34. The van der Waals surface area contributed by atoms with Crippen LogP contribution in [0.3, 0.4) is 0 Å². The van der Waals surface area contributed by atoms with Crippen LogP contribution in [0.4, 0.5) is 0 Å². The van der Waals surface area contributed by atoms with Gasteiger partial charge in [0, 0.05) is 11.8 Å². The average molecular weight is 447 g/mol. The van der Waals surface area contributed by atoms with Gasteiger partial charge in [0.15, 0.2) is 5.78 Å². The van der Waals surface area contributed by atoms with Crippen molar-refractivity contribution in [2.24, 2.45) is 17.3 Å². The summed E-state index contributed by atoms with van der Waals surface area (Å²) in [5.41, 5.74) is 6.14. The van der Waals surface area contributed by atoms with Gasteiger partial charge in [0.25, 0.3) is 0 Å². The molecule has 3 fully saturated rings. The normalized spacial score (nSPS) is 38.0. The van der Waals surface area contributed by atoms with Gasteiger partial charge in [-0.25, -0.2) is 0 Å². The zero-order valence-electron chi connectivity index (χ0n) is 19.8. The summed E-state index contributed by atoms with van der Waals surface area (Å²) >= 11 is 0. The van der Waals surface area contributed by atoms with E-state index >= 15 is 0 Å². The highest BCUT2D eigenvalue weighted by atomic mass is 16.5. The molecule has 4 heteroatoms. The number of ketones is 1. The number of benzene rings is 1. The van der Waals surface area contributed by atoms with Gasteiger partial charge < -0.3 is 14.2 Å². The lowest BCUT2D eigenvalue weighted by molar-refractivity contribution is -0.114. The molecule has 1 saturated carbocycles. The largest absolute Gasteiger partial charge is 0.497 e. The molecule has 0 N–H and O–H groups in total. The van der Waals surface area contributed by atoms with Crippen LogP contribution in [-0.4, -0.2) is 31.7 Å². The van der Waals surface area contributed by atoms with Crippen molar-refractivity contribution in [3.05, 3.63) is 64.8 Å². The average Bonchev–Trinajstić information content (AvgIpc) is 3.30. The summed E-state index contributed by atoms with van der Waals surface area (Å²) < 4.78 is 18.9. The first-order chi connectivity index (χ1) is 16.0. The molecular formula is C29H34O4. The lowest BCUT2D eigenvalue weighted by atomic mass is 9.61. The number of allylic oxidation sites excluding steroid dienone is 3. The monoisotopic (exact) mass is 446 g/mol. The lowest BCUT2D eigenvalue weighted by Crippen LogP contribution is -2.49. The predicted molar refractivity (Wildman–Crippen MR) is 127 cm³/mol. The third-order valence-electron chi connectivity index (χ3n) is 9.43. The summed E-state index contributed by atoms with van der Waals surface area (Å²) in [6.45, 7) is 8.32. The fraction of sp³-hybridized carbons (Fsp3) is 0.552. The summed E-state index contributed by atoms with van der Waals surface area (Å²) in [5, 5.41) is 0. The summed E-state index contributed by atoms with van der Waals surface area (Å²) in [5.74, 6) is 2.06. The minimum absolute atomic E-state index is 0.0933. The summed E-state index contributed by atoms with van der Waals surface area (Å²) in [7, 11) is 1.70. The smallest absolute Gasteiger partial charge is 0.156 e. The Morgan fingerprint density at radius 3 is 2.64 bits per heavy atom. The zero-order valence-corrected chi connectivity index (χ0v) is 19.8. The van der Waals surface area contributed by atoms with E-state index < -0.39 is 0 Å². The molecule has 3 aliphatic carbocycles. The maximum atomic E-state index is 12.2. The number of hydrogen-bond donors (Lipinski definition) is 0. The number of hydrogen-bond acceptors (Lipinski definition) is 4. The van der Waals surface area contributed by atoms with E-state index in [4.69, 9.17) is 14.2 Å². The molecule has 0 radical (unpaired) electrons. The Morgan fingerprint density at radius 2 is 1.91 bits per heavy atom. The molecule has 5 aliphatic rings. The second-order valence-corrected chi connectivity index (χ2v) is 10.8. The molecule has 33 heavy (non-hydrogen) atoms. The standard InChI is InChI=1S/C29H34O4/c1-18-13-15-33-29(18)14-12-25-24-10-6-20-16-21(30)7-11-23(20)26(24)27(32-17-28(25,29)2)19-4-8-22(31-3)9-5-19/h4-5,8-9,16,24-25,27H,1,6-7,10-15,17H2,2-3H3/t24?,25?,27-,28+,29?/m1/s1. The molecule has 1 aromatic carbocycles. The maximum absolute atomic E-state index is 12.2. The Bertz CT molecular complexity index is 1060. The molecule has 1 spiro atoms. The van der Waals surface area contributed by atoms with Gasteiger partial charge in [-0.1, -0.05) is 25.6 Å². The van der Waals surface area contributed by atoms with Crippen LogP contribution in [0.5, 0.6) is 5.75 Å². The van der Waals surface area contributed by atoms with E-state index in [2.05, 4.69) is 25.6 Å². The van der Waals surface area contributed by atoms with E-state index in [0.717, 1.165) is 50.9 Å². The Balaban J connectivity index is 1.51. The SMILES string of the molecule is C=C1CCOC12CCC1C3CCC4=CC(=O)CCC4=C3[C@@H](c3ccc(OC)cc3)OC[C@@]12C. The van der Waals surface area contributed by atoms with Crippen molar-refractivity contribution < 1.29 is 19.0 Å². The van der Waals surface area contributed by atoms with E-state index in [9.17, 15) is 4.79 Å². The highest BCUT2D eigenvalue weighted by molar-refractivity contribution is 5.93. The van der Waals surface area contributed by atoms with E-state index in [1.807, 2.05) is 18.2 Å². The number of carbonyl (C=O) groups excluding carboxylic acids is 1. The van der Waals surface area contributed by atoms with Crippen LogP contribution in [0.2, 0.25) is 0 Å². The van der Waals surface area contributed by atoms with Gasteiger partial charge in [-0.2, -0.15) is 0 Å². The van der Waals surface area contributed by atoms with Crippen molar-refractivity contribution in [1.29, 1.82) is 0 Å². The van der Waals surface area contributed by atoms with Gasteiger partial charge in [-0.15, -0.1) is 0 Å². The molecule has 3 unspecified atom stereocenters. The molecular weight excluding hydrogens is 412 g/mol. The molecule has 1 aromatic rings. The third kappa shape index (κ3) is 2.99. The van der Waals surface area contributed by atoms with Crippen molar-refractivity contribution in [3.63, 3.8) is 0 Å². The fourth-order valence-corrected chi connectivity index (χ4v) is 7.78. The van der Waals surface area contributed by atoms with Crippen LogP contribution in [0.25, 0.3) is 0 Å². The van der Waals surface area contributed by atoms with Crippen molar-refractivity contribution in [2.75, 3.05) is 20.3 Å². The van der Waals surface area contributed by atoms with E-state index in [1.165, 1.54) is 27.9 Å². The molecule has 2 saturated heterocycles. The molecule has 174 valence electrons. The van der Waals surface area contributed by atoms with E-state index in [0.29, 0.717) is 24.9 Å². The molecule has 2 aliphatic heterocycles. The third-order valence-corrected chi connectivity index (χ3v) is 9.43. The Morgan fingerprint density at radius 1 is 1.09 bits per heavy atom. The summed E-state index contributed by atoms with van der Waals surface area (Å²) in [4.78, 5) is 12.2. The van der Waals surface area contributed by atoms with Gasteiger partial charge in [0.1, 0.15) is 11.9 Å². The number of fused-ring (bicyclic) bond motifs is 5. The molecule has 0 amide bonds. The molecule has 0 bridgehead atoms. The Labute approximate surface area is 196 Å². The summed E-state index contributed by atoms with van der Waals surface area (Å²) in [6.07, 6.45) is 8.48. The van der Waals surface area contributed by atoms with Crippen molar-refractivity contribution in [3.8, 4) is 5.75 Å². The quantitative estimate of drug-likeness (QED) is 0.531. The van der Waals surface area contributed by atoms with Crippen LogP contribution >= 0.6 is 0 Å². The molecule has 5 atom stereocenters. The second-order valence-electron chi connectivity index (χ2n) is 10.8. The molecule has 6 rings (SSSR count). The minimum Gasteiger partial charge on any atom is -0.497 e. The van der Waals surface area contributed by atoms with Gasteiger partial charge in [-0.05, 0) is 96.4 Å². The first-order valence-electron chi connectivity index (χ1n) is 12.5. The van der Waals surface area contributed by atoms with Crippen LogP contribution in [0.15, 0.2) is 59.2 Å². The highest BCUT2D eigenvalue weighted by Gasteiger charge is 2.64. The van der Waals surface area contributed by atoms with Crippen molar-refractivity contribution in [2.45, 2.75) is 63.6 Å². The van der Waals surface area contributed by atoms with Crippen LogP contribution in [-0.2, 0) is 14.3 Å². The van der Waals surface area contributed by atoms with Gasteiger partial charge in [0.05, 0.1) is 25.9 Å². The topological polar surface area (TPSA) is 44.8 Å².